The number of fused-ring (bicyclic) bond motifs is 1. The van der Waals surface area contributed by atoms with Crippen LogP contribution in [0.15, 0.2) is 51.7 Å². The highest BCUT2D eigenvalue weighted by Gasteiger charge is 2.14. The van der Waals surface area contributed by atoms with E-state index in [1.54, 1.807) is 24.3 Å². The fourth-order valence-corrected chi connectivity index (χ4v) is 2.83. The number of H-pyrrole nitrogens is 1. The molecule has 0 bridgehead atoms. The molecule has 122 valence electrons. The van der Waals surface area contributed by atoms with E-state index in [1.807, 2.05) is 25.1 Å². The Kier molecular flexibility index (Phi) is 4.40. The first-order valence-corrected chi connectivity index (χ1v) is 8.06. The van der Waals surface area contributed by atoms with Crippen molar-refractivity contribution in [2.45, 2.75) is 6.92 Å². The second-order valence-electron chi connectivity index (χ2n) is 5.40. The lowest BCUT2D eigenvalue weighted by molar-refractivity contribution is 0.102. The summed E-state index contributed by atoms with van der Waals surface area (Å²) in [7, 11) is 1.53. The number of halogens is 1. The van der Waals surface area contributed by atoms with Crippen LogP contribution in [0.4, 0.5) is 5.69 Å². The van der Waals surface area contributed by atoms with Crippen molar-refractivity contribution in [3.63, 3.8) is 0 Å². The zero-order chi connectivity index (χ0) is 17.3. The normalized spacial score (nSPS) is 10.6. The van der Waals surface area contributed by atoms with Gasteiger partial charge in [0, 0.05) is 15.4 Å². The van der Waals surface area contributed by atoms with Crippen LogP contribution >= 0.6 is 15.9 Å². The van der Waals surface area contributed by atoms with Gasteiger partial charge in [-0.25, -0.2) is 0 Å². The number of amides is 1. The highest BCUT2D eigenvalue weighted by Crippen LogP contribution is 2.26. The van der Waals surface area contributed by atoms with Crippen molar-refractivity contribution in [1.82, 2.24) is 4.98 Å². The molecule has 1 aromatic heterocycles. The summed E-state index contributed by atoms with van der Waals surface area (Å²) in [6, 6.07) is 12.5. The van der Waals surface area contributed by atoms with Crippen molar-refractivity contribution in [3.05, 3.63) is 68.4 Å². The van der Waals surface area contributed by atoms with Crippen LogP contribution in [0, 0.1) is 6.92 Å². The third-order valence-electron chi connectivity index (χ3n) is 3.65. The zero-order valence-corrected chi connectivity index (χ0v) is 14.7. The van der Waals surface area contributed by atoms with Gasteiger partial charge in [0.15, 0.2) is 0 Å². The fourth-order valence-electron chi connectivity index (χ4n) is 2.46. The van der Waals surface area contributed by atoms with Crippen molar-refractivity contribution in [2.24, 2.45) is 0 Å². The Balaban J connectivity index is 2.01. The molecule has 0 unspecified atom stereocenters. The summed E-state index contributed by atoms with van der Waals surface area (Å²) < 4.78 is 6.12. The number of rotatable bonds is 3. The molecule has 0 aliphatic carbocycles. The van der Waals surface area contributed by atoms with Gasteiger partial charge in [0.2, 0.25) is 0 Å². The summed E-state index contributed by atoms with van der Waals surface area (Å²) in [5.74, 6) is 0.0518. The second-order valence-corrected chi connectivity index (χ2v) is 6.32. The van der Waals surface area contributed by atoms with Crippen LogP contribution < -0.4 is 15.6 Å². The summed E-state index contributed by atoms with van der Waals surface area (Å²) in [4.78, 5) is 27.5. The van der Waals surface area contributed by atoms with E-state index in [0.717, 1.165) is 15.4 Å². The quantitative estimate of drug-likeness (QED) is 0.717. The van der Waals surface area contributed by atoms with Crippen molar-refractivity contribution in [3.8, 4) is 5.75 Å². The topological polar surface area (TPSA) is 71.2 Å². The fraction of sp³-hybridized carbons (Fsp3) is 0.111. The number of aryl methyl sites for hydroxylation is 1. The first-order chi connectivity index (χ1) is 11.5. The maximum Gasteiger partial charge on any atom is 0.261 e. The molecule has 0 spiro atoms. The van der Waals surface area contributed by atoms with E-state index in [-0.39, 0.29) is 5.56 Å². The number of nitrogens with one attached hydrogen (secondary N) is 2. The smallest absolute Gasteiger partial charge is 0.261 e. The Morgan fingerprint density at radius 2 is 1.96 bits per heavy atom. The summed E-state index contributed by atoms with van der Waals surface area (Å²) in [5, 5.41) is 3.51. The Labute approximate surface area is 146 Å². The largest absolute Gasteiger partial charge is 0.495 e. The highest BCUT2D eigenvalue weighted by molar-refractivity contribution is 9.10. The zero-order valence-electron chi connectivity index (χ0n) is 13.1. The molecule has 0 aliphatic heterocycles. The van der Waals surface area contributed by atoms with E-state index in [9.17, 15) is 9.59 Å². The number of anilines is 1. The maximum atomic E-state index is 12.5. The van der Waals surface area contributed by atoms with Crippen LogP contribution in [-0.2, 0) is 0 Å². The minimum Gasteiger partial charge on any atom is -0.495 e. The average Bonchev–Trinajstić information content (AvgIpc) is 2.54. The molecule has 0 radical (unpaired) electrons. The highest BCUT2D eigenvalue weighted by atomic mass is 79.9. The first kappa shape index (κ1) is 16.3. The molecule has 2 aromatic carbocycles. The summed E-state index contributed by atoms with van der Waals surface area (Å²) in [6.07, 6.45) is 0. The number of hydrogen-bond acceptors (Lipinski definition) is 3. The number of carbonyl (C=O) groups excluding carboxylic acids is 1. The molecule has 24 heavy (non-hydrogen) atoms. The maximum absolute atomic E-state index is 12.5. The molecule has 5 nitrogen and oxygen atoms in total. The number of hydrogen-bond donors (Lipinski definition) is 2. The average molecular weight is 387 g/mol. The SMILES string of the molecule is COc1ccc(C)cc1NC(=O)c1cc2cc(Br)ccc2[nH]c1=O. The predicted octanol–water partition coefficient (Wildman–Crippen LogP) is 3.86. The number of benzene rings is 2. The van der Waals surface area contributed by atoms with Crippen LogP contribution in [-0.4, -0.2) is 18.0 Å². The summed E-state index contributed by atoms with van der Waals surface area (Å²) >= 11 is 3.38. The van der Waals surface area contributed by atoms with Gasteiger partial charge in [-0.05, 0) is 48.9 Å². The van der Waals surface area contributed by atoms with Gasteiger partial charge in [-0.2, -0.15) is 0 Å². The summed E-state index contributed by atoms with van der Waals surface area (Å²) in [6.45, 7) is 1.91. The van der Waals surface area contributed by atoms with E-state index in [2.05, 4.69) is 26.2 Å². The first-order valence-electron chi connectivity index (χ1n) is 7.26. The van der Waals surface area contributed by atoms with Crippen LogP contribution in [0.5, 0.6) is 5.75 Å². The van der Waals surface area contributed by atoms with Gasteiger partial charge in [-0.1, -0.05) is 22.0 Å². The monoisotopic (exact) mass is 386 g/mol. The van der Waals surface area contributed by atoms with Gasteiger partial charge in [0.05, 0.1) is 12.8 Å². The molecule has 0 fully saturated rings. The van der Waals surface area contributed by atoms with Crippen molar-refractivity contribution in [2.75, 3.05) is 12.4 Å². The van der Waals surface area contributed by atoms with Crippen molar-refractivity contribution < 1.29 is 9.53 Å². The summed E-state index contributed by atoms with van der Waals surface area (Å²) in [5.41, 5.74) is 1.78. The second kappa shape index (κ2) is 6.49. The molecular weight excluding hydrogens is 372 g/mol. The lowest BCUT2D eigenvalue weighted by Gasteiger charge is -2.11. The minimum atomic E-state index is -0.484. The molecule has 6 heteroatoms. The van der Waals surface area contributed by atoms with Gasteiger partial charge < -0.3 is 15.0 Å². The molecule has 0 saturated carbocycles. The number of methoxy groups -OCH3 is 1. The van der Waals surface area contributed by atoms with Gasteiger partial charge in [0.1, 0.15) is 11.3 Å². The molecule has 3 rings (SSSR count). The van der Waals surface area contributed by atoms with Gasteiger partial charge >= 0.3 is 0 Å². The van der Waals surface area contributed by atoms with Crippen molar-refractivity contribution >= 4 is 38.4 Å². The molecular formula is C18H15BrN2O3. The molecule has 3 aromatic rings. The van der Waals surface area contributed by atoms with E-state index in [4.69, 9.17) is 4.74 Å². The van der Waals surface area contributed by atoms with E-state index >= 15 is 0 Å². The Morgan fingerprint density at radius 3 is 2.71 bits per heavy atom. The number of aromatic nitrogens is 1. The number of pyridine rings is 1. The van der Waals surface area contributed by atoms with Gasteiger partial charge in [0.25, 0.3) is 11.5 Å². The lowest BCUT2D eigenvalue weighted by Crippen LogP contribution is -2.23. The van der Waals surface area contributed by atoms with E-state index in [1.165, 1.54) is 7.11 Å². The Bertz CT molecular complexity index is 995. The molecule has 1 amide bonds. The van der Waals surface area contributed by atoms with Crippen LogP contribution in [0.3, 0.4) is 0 Å². The van der Waals surface area contributed by atoms with Gasteiger partial charge in [-0.3, -0.25) is 9.59 Å². The molecule has 0 saturated heterocycles. The Morgan fingerprint density at radius 1 is 1.17 bits per heavy atom. The molecule has 0 aliphatic rings. The van der Waals surface area contributed by atoms with Crippen LogP contribution in [0.2, 0.25) is 0 Å². The van der Waals surface area contributed by atoms with E-state index in [0.29, 0.717) is 17.0 Å². The molecule has 2 N–H and O–H groups in total. The lowest BCUT2D eigenvalue weighted by atomic mass is 10.1. The predicted molar refractivity (Wildman–Crippen MR) is 98.0 cm³/mol. The third-order valence-corrected chi connectivity index (χ3v) is 4.15. The standard InChI is InChI=1S/C18H15BrN2O3/c1-10-3-6-16(24-2)15(7-10)21-18(23)13-9-11-8-12(19)4-5-14(11)20-17(13)22/h3-9H,1-2H3,(H,20,22)(H,21,23). The molecule has 1 heterocycles. The Hall–Kier alpha value is -2.60. The van der Waals surface area contributed by atoms with E-state index < -0.39 is 11.5 Å². The number of aromatic amines is 1. The van der Waals surface area contributed by atoms with Gasteiger partial charge in [-0.15, -0.1) is 0 Å². The third kappa shape index (κ3) is 3.19. The van der Waals surface area contributed by atoms with Crippen LogP contribution in [0.1, 0.15) is 15.9 Å². The minimum absolute atomic E-state index is 0.0455. The van der Waals surface area contributed by atoms with Crippen LogP contribution in [0.25, 0.3) is 10.9 Å². The molecule has 0 atom stereocenters. The van der Waals surface area contributed by atoms with Crippen molar-refractivity contribution in [1.29, 1.82) is 0 Å². The number of ether oxygens (including phenoxy) is 1. The number of carbonyl (C=O) groups is 1.